The van der Waals surface area contributed by atoms with E-state index in [4.69, 9.17) is 0 Å². The SMILES string of the molecule is CC1CCC(Nc2ncc(Br)cc2Br)C1C. The van der Waals surface area contributed by atoms with Crippen molar-refractivity contribution >= 4 is 37.7 Å². The maximum Gasteiger partial charge on any atom is 0.140 e. The predicted octanol–water partition coefficient (Wildman–Crippen LogP) is 4.45. The zero-order valence-electron chi connectivity index (χ0n) is 9.50. The second kappa shape index (κ2) is 5.05. The molecule has 0 saturated heterocycles. The summed E-state index contributed by atoms with van der Waals surface area (Å²) in [5.74, 6) is 2.48. The molecule has 1 fully saturated rings. The van der Waals surface area contributed by atoms with Crippen molar-refractivity contribution in [3.8, 4) is 0 Å². The second-order valence-electron chi connectivity index (χ2n) is 4.65. The van der Waals surface area contributed by atoms with Crippen LogP contribution in [0.25, 0.3) is 0 Å². The molecule has 1 N–H and O–H groups in total. The molecule has 0 bridgehead atoms. The van der Waals surface area contributed by atoms with E-state index in [2.05, 4.69) is 56.0 Å². The molecule has 88 valence electrons. The van der Waals surface area contributed by atoms with Crippen LogP contribution in [0, 0.1) is 11.8 Å². The van der Waals surface area contributed by atoms with Crippen molar-refractivity contribution in [3.63, 3.8) is 0 Å². The Labute approximate surface area is 113 Å². The molecule has 0 aromatic carbocycles. The number of hydrogen-bond donors (Lipinski definition) is 1. The monoisotopic (exact) mass is 346 g/mol. The predicted molar refractivity (Wildman–Crippen MR) is 74.6 cm³/mol. The number of pyridine rings is 1. The van der Waals surface area contributed by atoms with Crippen LogP contribution < -0.4 is 5.32 Å². The van der Waals surface area contributed by atoms with E-state index >= 15 is 0 Å². The third-order valence-corrected chi connectivity index (χ3v) is 4.63. The van der Waals surface area contributed by atoms with Gasteiger partial charge in [-0.25, -0.2) is 4.98 Å². The lowest BCUT2D eigenvalue weighted by Crippen LogP contribution is -2.24. The Morgan fingerprint density at radius 2 is 2.06 bits per heavy atom. The number of halogens is 2. The van der Waals surface area contributed by atoms with Crippen LogP contribution >= 0.6 is 31.9 Å². The highest BCUT2D eigenvalue weighted by atomic mass is 79.9. The smallest absolute Gasteiger partial charge is 0.140 e. The Bertz CT molecular complexity index is 381. The topological polar surface area (TPSA) is 24.9 Å². The molecule has 0 aliphatic heterocycles. The van der Waals surface area contributed by atoms with Crippen LogP contribution in [0.3, 0.4) is 0 Å². The van der Waals surface area contributed by atoms with Gasteiger partial charge in [-0.1, -0.05) is 13.8 Å². The zero-order valence-corrected chi connectivity index (χ0v) is 12.7. The molecule has 1 aromatic rings. The number of aromatic nitrogens is 1. The summed E-state index contributed by atoms with van der Waals surface area (Å²) in [5.41, 5.74) is 0. The summed E-state index contributed by atoms with van der Waals surface area (Å²) in [6.45, 7) is 4.65. The van der Waals surface area contributed by atoms with Gasteiger partial charge in [-0.3, -0.25) is 0 Å². The van der Waals surface area contributed by atoms with Gasteiger partial charge in [-0.2, -0.15) is 0 Å². The molecule has 4 heteroatoms. The molecule has 2 nitrogen and oxygen atoms in total. The van der Waals surface area contributed by atoms with Gasteiger partial charge in [0, 0.05) is 16.7 Å². The average Bonchev–Trinajstić information content (AvgIpc) is 2.54. The van der Waals surface area contributed by atoms with Gasteiger partial charge in [0.2, 0.25) is 0 Å². The molecule has 0 amide bonds. The fourth-order valence-corrected chi connectivity index (χ4v) is 3.37. The lowest BCUT2D eigenvalue weighted by molar-refractivity contribution is 0.435. The van der Waals surface area contributed by atoms with Crippen molar-refractivity contribution in [1.29, 1.82) is 0 Å². The first-order valence-electron chi connectivity index (χ1n) is 5.65. The Morgan fingerprint density at radius 1 is 1.31 bits per heavy atom. The van der Waals surface area contributed by atoms with Crippen molar-refractivity contribution in [2.75, 3.05) is 5.32 Å². The molecule has 3 atom stereocenters. The van der Waals surface area contributed by atoms with Crippen molar-refractivity contribution in [2.45, 2.75) is 32.7 Å². The van der Waals surface area contributed by atoms with E-state index in [0.717, 1.165) is 26.6 Å². The van der Waals surface area contributed by atoms with Crippen LogP contribution in [0.2, 0.25) is 0 Å². The van der Waals surface area contributed by atoms with Gasteiger partial charge in [0.1, 0.15) is 5.82 Å². The van der Waals surface area contributed by atoms with Crippen LogP contribution in [-0.4, -0.2) is 11.0 Å². The largest absolute Gasteiger partial charge is 0.366 e. The van der Waals surface area contributed by atoms with Crippen LogP contribution in [0.5, 0.6) is 0 Å². The lowest BCUT2D eigenvalue weighted by Gasteiger charge is -2.20. The van der Waals surface area contributed by atoms with Gasteiger partial charge < -0.3 is 5.32 Å². The van der Waals surface area contributed by atoms with Gasteiger partial charge >= 0.3 is 0 Å². The van der Waals surface area contributed by atoms with Crippen molar-refractivity contribution in [1.82, 2.24) is 4.98 Å². The van der Waals surface area contributed by atoms with E-state index in [9.17, 15) is 0 Å². The van der Waals surface area contributed by atoms with Crippen molar-refractivity contribution in [2.24, 2.45) is 11.8 Å². The highest BCUT2D eigenvalue weighted by molar-refractivity contribution is 9.11. The summed E-state index contributed by atoms with van der Waals surface area (Å²) in [5, 5.41) is 3.54. The molecule has 0 radical (unpaired) electrons. The maximum atomic E-state index is 4.40. The summed E-state index contributed by atoms with van der Waals surface area (Å²) in [6.07, 6.45) is 4.38. The maximum absolute atomic E-state index is 4.40. The molecule has 2 rings (SSSR count). The summed E-state index contributed by atoms with van der Waals surface area (Å²) in [4.78, 5) is 4.40. The minimum atomic E-state index is 0.556. The molecule has 0 spiro atoms. The molecule has 1 aliphatic carbocycles. The number of anilines is 1. The van der Waals surface area contributed by atoms with E-state index in [0.29, 0.717) is 6.04 Å². The molecule has 1 heterocycles. The molecule has 16 heavy (non-hydrogen) atoms. The Balaban J connectivity index is 2.09. The molecule has 1 aliphatic rings. The standard InChI is InChI=1S/C12H16Br2N2/c1-7-3-4-11(8(7)2)16-12-10(14)5-9(13)6-15-12/h5-8,11H,3-4H2,1-2H3,(H,15,16). The number of hydrogen-bond acceptors (Lipinski definition) is 2. The first kappa shape index (κ1) is 12.4. The first-order valence-corrected chi connectivity index (χ1v) is 7.24. The molecule has 1 saturated carbocycles. The van der Waals surface area contributed by atoms with E-state index in [1.807, 2.05) is 12.3 Å². The lowest BCUT2D eigenvalue weighted by atomic mass is 9.98. The zero-order chi connectivity index (χ0) is 11.7. The Hall–Kier alpha value is -0.0900. The summed E-state index contributed by atoms with van der Waals surface area (Å²) in [7, 11) is 0. The first-order chi connectivity index (χ1) is 7.58. The fourth-order valence-electron chi connectivity index (χ4n) is 2.26. The van der Waals surface area contributed by atoms with Crippen LogP contribution in [0.15, 0.2) is 21.2 Å². The highest BCUT2D eigenvalue weighted by Gasteiger charge is 2.30. The van der Waals surface area contributed by atoms with Crippen LogP contribution in [-0.2, 0) is 0 Å². The average molecular weight is 348 g/mol. The third-order valence-electron chi connectivity index (χ3n) is 3.60. The van der Waals surface area contributed by atoms with E-state index in [1.54, 1.807) is 0 Å². The van der Waals surface area contributed by atoms with Crippen LogP contribution in [0.4, 0.5) is 5.82 Å². The van der Waals surface area contributed by atoms with E-state index < -0.39 is 0 Å². The summed E-state index contributed by atoms with van der Waals surface area (Å²) < 4.78 is 2.02. The number of nitrogens with zero attached hydrogens (tertiary/aromatic N) is 1. The normalized spacial score (nSPS) is 29.4. The summed E-state index contributed by atoms with van der Waals surface area (Å²) >= 11 is 6.94. The molecular weight excluding hydrogens is 332 g/mol. The van der Waals surface area contributed by atoms with Gasteiger partial charge in [-0.05, 0) is 62.6 Å². The van der Waals surface area contributed by atoms with E-state index in [1.165, 1.54) is 12.8 Å². The minimum Gasteiger partial charge on any atom is -0.366 e. The third kappa shape index (κ3) is 2.59. The Morgan fingerprint density at radius 3 is 2.62 bits per heavy atom. The minimum absolute atomic E-state index is 0.556. The quantitative estimate of drug-likeness (QED) is 0.854. The Kier molecular flexibility index (Phi) is 3.90. The number of rotatable bonds is 2. The van der Waals surface area contributed by atoms with Crippen molar-refractivity contribution in [3.05, 3.63) is 21.2 Å². The second-order valence-corrected chi connectivity index (χ2v) is 6.42. The number of nitrogens with one attached hydrogen (secondary N) is 1. The molecule has 3 unspecified atom stereocenters. The van der Waals surface area contributed by atoms with Gasteiger partial charge in [0.25, 0.3) is 0 Å². The fraction of sp³-hybridized carbons (Fsp3) is 0.583. The highest BCUT2D eigenvalue weighted by Crippen LogP contribution is 2.34. The van der Waals surface area contributed by atoms with Crippen molar-refractivity contribution < 1.29 is 0 Å². The molecule has 1 aromatic heterocycles. The van der Waals surface area contributed by atoms with Gasteiger partial charge in [-0.15, -0.1) is 0 Å². The van der Waals surface area contributed by atoms with Gasteiger partial charge in [0.05, 0.1) is 4.47 Å². The van der Waals surface area contributed by atoms with Crippen LogP contribution in [0.1, 0.15) is 26.7 Å². The van der Waals surface area contributed by atoms with E-state index in [-0.39, 0.29) is 0 Å². The van der Waals surface area contributed by atoms with Gasteiger partial charge in [0.15, 0.2) is 0 Å². The molecular formula is C12H16Br2N2. The summed E-state index contributed by atoms with van der Waals surface area (Å²) in [6, 6.07) is 2.58.